The van der Waals surface area contributed by atoms with E-state index in [9.17, 15) is 24.2 Å². The molecule has 0 radical (unpaired) electrons. The number of allylic oxidation sites excluding steroid dienone is 2. The van der Waals surface area contributed by atoms with Crippen molar-refractivity contribution >= 4 is 19.8 Å². The lowest BCUT2D eigenvalue weighted by Crippen LogP contribution is -2.29. The first-order valence-electron chi connectivity index (χ1n) is 20.1. The van der Waals surface area contributed by atoms with Crippen molar-refractivity contribution in [1.82, 2.24) is 0 Å². The van der Waals surface area contributed by atoms with Gasteiger partial charge in [0.2, 0.25) is 0 Å². The molecular weight excluding hydrogens is 659 g/mol. The van der Waals surface area contributed by atoms with Gasteiger partial charge < -0.3 is 24.6 Å². The number of unbranched alkanes of at least 4 members (excludes halogenated alkanes) is 22. The summed E-state index contributed by atoms with van der Waals surface area (Å²) in [6.07, 6.45) is 31.8. The molecule has 0 aliphatic heterocycles. The zero-order valence-corrected chi connectivity index (χ0v) is 32.8. The Kier molecular flexibility index (Phi) is 35.2. The Balaban J connectivity index is 4.31. The maximum absolute atomic E-state index is 12.5. The lowest BCUT2D eigenvalue weighted by atomic mass is 10.0. The van der Waals surface area contributed by atoms with E-state index in [1.54, 1.807) is 0 Å². The molecule has 0 rings (SSSR count). The van der Waals surface area contributed by atoms with Gasteiger partial charge in [-0.25, -0.2) is 4.57 Å². The highest BCUT2D eigenvalue weighted by Crippen LogP contribution is 2.43. The Morgan fingerprint density at radius 3 is 1.48 bits per heavy atom. The van der Waals surface area contributed by atoms with Crippen LogP contribution in [0.4, 0.5) is 0 Å². The van der Waals surface area contributed by atoms with Crippen LogP contribution in [0.15, 0.2) is 12.2 Å². The third kappa shape index (κ3) is 35.1. The Morgan fingerprint density at radius 1 is 0.580 bits per heavy atom. The number of carbonyl (C=O) groups is 2. The molecule has 0 spiro atoms. The highest BCUT2D eigenvalue weighted by molar-refractivity contribution is 7.47. The summed E-state index contributed by atoms with van der Waals surface area (Å²) < 4.78 is 32.6. The summed E-state index contributed by atoms with van der Waals surface area (Å²) in [7, 11) is -4.61. The number of phosphoric acid groups is 1. The van der Waals surface area contributed by atoms with Gasteiger partial charge in [0.05, 0.1) is 19.8 Å². The third-order valence-electron chi connectivity index (χ3n) is 8.67. The minimum absolute atomic E-state index is 0.177. The minimum Gasteiger partial charge on any atom is -0.462 e. The Labute approximate surface area is 305 Å². The second-order valence-electron chi connectivity index (χ2n) is 13.7. The molecule has 0 aliphatic carbocycles. The van der Waals surface area contributed by atoms with E-state index < -0.39 is 51.8 Å². The first-order valence-corrected chi connectivity index (χ1v) is 21.6. The van der Waals surface area contributed by atoms with Gasteiger partial charge in [0.15, 0.2) is 6.10 Å². The Bertz CT molecular complexity index is 853. The summed E-state index contributed by atoms with van der Waals surface area (Å²) in [4.78, 5) is 34.8. The van der Waals surface area contributed by atoms with Crippen molar-refractivity contribution in [2.75, 3.05) is 26.4 Å². The van der Waals surface area contributed by atoms with Crippen LogP contribution in [-0.4, -0.2) is 65.7 Å². The van der Waals surface area contributed by atoms with Gasteiger partial charge >= 0.3 is 19.8 Å². The number of aliphatic hydroxyl groups is 2. The topological polar surface area (TPSA) is 149 Å². The molecular formula is C39H75O10P. The van der Waals surface area contributed by atoms with Gasteiger partial charge in [-0.1, -0.05) is 148 Å². The molecule has 10 nitrogen and oxygen atoms in total. The molecule has 1 unspecified atom stereocenters. The summed E-state index contributed by atoms with van der Waals surface area (Å²) in [6, 6.07) is 0. The van der Waals surface area contributed by atoms with Gasteiger partial charge in [-0.2, -0.15) is 0 Å². The van der Waals surface area contributed by atoms with Gasteiger partial charge in [-0.15, -0.1) is 0 Å². The van der Waals surface area contributed by atoms with Crippen molar-refractivity contribution in [2.45, 2.75) is 199 Å². The molecule has 0 aromatic carbocycles. The van der Waals surface area contributed by atoms with Gasteiger partial charge in [0.25, 0.3) is 0 Å². The maximum atomic E-state index is 12.5. The van der Waals surface area contributed by atoms with E-state index in [1.165, 1.54) is 89.9 Å². The predicted molar refractivity (Wildman–Crippen MR) is 201 cm³/mol. The number of hydrogen-bond acceptors (Lipinski definition) is 9. The first kappa shape index (κ1) is 48.7. The second-order valence-corrected chi connectivity index (χ2v) is 15.1. The van der Waals surface area contributed by atoms with E-state index in [1.807, 2.05) is 0 Å². The van der Waals surface area contributed by atoms with Gasteiger partial charge in [0, 0.05) is 12.8 Å². The van der Waals surface area contributed by atoms with E-state index in [-0.39, 0.29) is 19.4 Å². The van der Waals surface area contributed by atoms with Crippen LogP contribution in [0.5, 0.6) is 0 Å². The molecule has 3 atom stereocenters. The van der Waals surface area contributed by atoms with Gasteiger partial charge in [-0.05, 0) is 38.5 Å². The molecule has 0 saturated carbocycles. The summed E-state index contributed by atoms with van der Waals surface area (Å²) in [6.45, 7) is 2.35. The molecule has 0 amide bonds. The van der Waals surface area contributed by atoms with E-state index in [0.29, 0.717) is 12.8 Å². The van der Waals surface area contributed by atoms with Crippen LogP contribution in [0.3, 0.4) is 0 Å². The van der Waals surface area contributed by atoms with Crippen molar-refractivity contribution in [3.63, 3.8) is 0 Å². The van der Waals surface area contributed by atoms with E-state index in [2.05, 4.69) is 30.5 Å². The second kappa shape index (κ2) is 36.1. The molecule has 3 N–H and O–H groups in total. The van der Waals surface area contributed by atoms with Crippen LogP contribution < -0.4 is 0 Å². The van der Waals surface area contributed by atoms with Crippen LogP contribution in [0.2, 0.25) is 0 Å². The fraction of sp³-hybridized carbons (Fsp3) is 0.897. The van der Waals surface area contributed by atoms with Crippen molar-refractivity contribution < 1.29 is 47.8 Å². The van der Waals surface area contributed by atoms with Crippen molar-refractivity contribution in [3.05, 3.63) is 12.2 Å². The number of aliphatic hydroxyl groups excluding tert-OH is 2. The van der Waals surface area contributed by atoms with Crippen LogP contribution in [0.1, 0.15) is 187 Å². The average molecular weight is 735 g/mol. The lowest BCUT2D eigenvalue weighted by molar-refractivity contribution is -0.161. The SMILES string of the molecule is CCCCC/C=C\CCCCCCCC(=O)O[C@H](COC(=O)CCCCCCCCCCCCCCCCC)COP(=O)(O)OC[C@@H](O)CO. The normalized spacial score (nSPS) is 14.1. The lowest BCUT2D eigenvalue weighted by Gasteiger charge is -2.20. The molecule has 0 aliphatic rings. The van der Waals surface area contributed by atoms with Gasteiger partial charge in [-0.3, -0.25) is 18.6 Å². The number of hydrogen-bond donors (Lipinski definition) is 3. The molecule has 0 fully saturated rings. The molecule has 0 saturated heterocycles. The van der Waals surface area contributed by atoms with Crippen molar-refractivity contribution in [3.8, 4) is 0 Å². The third-order valence-corrected chi connectivity index (χ3v) is 9.62. The Hall–Kier alpha value is -1.29. The smallest absolute Gasteiger partial charge is 0.462 e. The maximum Gasteiger partial charge on any atom is 0.472 e. The van der Waals surface area contributed by atoms with Crippen LogP contribution >= 0.6 is 7.82 Å². The molecule has 0 heterocycles. The average Bonchev–Trinajstić information content (AvgIpc) is 3.10. The van der Waals surface area contributed by atoms with E-state index >= 15 is 0 Å². The van der Waals surface area contributed by atoms with Gasteiger partial charge in [0.1, 0.15) is 12.7 Å². The highest BCUT2D eigenvalue weighted by atomic mass is 31.2. The zero-order chi connectivity index (χ0) is 37.0. The molecule has 0 bridgehead atoms. The molecule has 0 aromatic rings. The van der Waals surface area contributed by atoms with Crippen molar-refractivity contribution in [2.24, 2.45) is 0 Å². The number of rotatable bonds is 38. The highest BCUT2D eigenvalue weighted by Gasteiger charge is 2.27. The fourth-order valence-electron chi connectivity index (χ4n) is 5.52. The standard InChI is InChI=1S/C39H75O10P/c1-3-5-7-9-11-13-15-17-18-19-21-22-24-26-28-30-38(42)46-34-37(35-48-50(44,45)47-33-36(41)32-40)49-39(43)31-29-27-25-23-20-16-14-12-10-8-6-4-2/h12,14,36-37,40-41H,3-11,13,15-35H2,1-2H3,(H,44,45)/b14-12-/t36-,37+/m0/s1. The number of ether oxygens (including phenoxy) is 2. The molecule has 11 heteroatoms. The largest absolute Gasteiger partial charge is 0.472 e. The fourth-order valence-corrected chi connectivity index (χ4v) is 6.31. The molecule has 296 valence electrons. The quantitative estimate of drug-likeness (QED) is 0.0242. The summed E-state index contributed by atoms with van der Waals surface area (Å²) in [5, 5.41) is 18.3. The predicted octanol–water partition coefficient (Wildman–Crippen LogP) is 10.1. The summed E-state index contributed by atoms with van der Waals surface area (Å²) >= 11 is 0. The first-order chi connectivity index (χ1) is 24.2. The number of carbonyl (C=O) groups excluding carboxylic acids is 2. The summed E-state index contributed by atoms with van der Waals surface area (Å²) in [5.74, 6) is -0.928. The minimum atomic E-state index is -4.61. The Morgan fingerprint density at radius 2 is 0.980 bits per heavy atom. The number of esters is 2. The van der Waals surface area contributed by atoms with E-state index in [0.717, 1.165) is 57.8 Å². The monoisotopic (exact) mass is 735 g/mol. The van der Waals surface area contributed by atoms with Crippen LogP contribution in [-0.2, 0) is 32.7 Å². The van der Waals surface area contributed by atoms with Crippen LogP contribution in [0.25, 0.3) is 0 Å². The van der Waals surface area contributed by atoms with E-state index in [4.69, 9.17) is 19.1 Å². The number of phosphoric ester groups is 1. The summed E-state index contributed by atoms with van der Waals surface area (Å²) in [5.41, 5.74) is 0. The zero-order valence-electron chi connectivity index (χ0n) is 31.9. The molecule has 50 heavy (non-hydrogen) atoms. The molecule has 0 aromatic heterocycles. The van der Waals surface area contributed by atoms with Crippen molar-refractivity contribution in [1.29, 1.82) is 0 Å². The van der Waals surface area contributed by atoms with Crippen LogP contribution in [0, 0.1) is 0 Å².